The van der Waals surface area contributed by atoms with Gasteiger partial charge in [-0.25, -0.2) is 9.82 Å². The molecule has 5 nitrogen and oxygen atoms in total. The summed E-state index contributed by atoms with van der Waals surface area (Å²) in [4.78, 5) is 0. The molecule has 2 rings (SSSR count). The van der Waals surface area contributed by atoms with Crippen LogP contribution in [0.1, 0.15) is 30.6 Å². The summed E-state index contributed by atoms with van der Waals surface area (Å²) in [7, 11) is 0. The van der Waals surface area contributed by atoms with Gasteiger partial charge in [0.1, 0.15) is 5.82 Å². The van der Waals surface area contributed by atoms with Crippen molar-refractivity contribution < 1.29 is 4.39 Å². The molecule has 0 aliphatic carbocycles. The highest BCUT2D eigenvalue weighted by Gasteiger charge is 2.19. The summed E-state index contributed by atoms with van der Waals surface area (Å²) in [5.74, 6) is 5.27. The number of aromatic nitrogens is 2. The van der Waals surface area contributed by atoms with E-state index in [0.29, 0.717) is 11.3 Å². The molecular weight excluding hydrogens is 245 g/mol. The Morgan fingerprint density at radius 2 is 2.21 bits per heavy atom. The van der Waals surface area contributed by atoms with Gasteiger partial charge in [-0.05, 0) is 30.7 Å². The van der Waals surface area contributed by atoms with E-state index in [2.05, 4.69) is 17.4 Å². The first-order valence-electron chi connectivity index (χ1n) is 6.20. The van der Waals surface area contributed by atoms with Gasteiger partial charge >= 0.3 is 0 Å². The molecule has 0 amide bonds. The Hall–Kier alpha value is -1.92. The van der Waals surface area contributed by atoms with Gasteiger partial charge in [-0.2, -0.15) is 5.10 Å². The van der Waals surface area contributed by atoms with Crippen LogP contribution in [-0.4, -0.2) is 9.78 Å². The van der Waals surface area contributed by atoms with Crippen molar-refractivity contribution in [3.05, 3.63) is 47.5 Å². The van der Waals surface area contributed by atoms with E-state index in [4.69, 9.17) is 11.6 Å². The van der Waals surface area contributed by atoms with E-state index in [9.17, 15) is 4.39 Å². The predicted molar refractivity (Wildman–Crippen MR) is 72.5 cm³/mol. The number of nitrogens with two attached hydrogens (primary N) is 2. The second-order valence-electron chi connectivity index (χ2n) is 4.35. The molecule has 0 aliphatic rings. The van der Waals surface area contributed by atoms with E-state index in [1.807, 2.05) is 10.7 Å². The third kappa shape index (κ3) is 2.74. The summed E-state index contributed by atoms with van der Waals surface area (Å²) in [6.45, 7) is 2.84. The zero-order valence-corrected chi connectivity index (χ0v) is 10.8. The van der Waals surface area contributed by atoms with Gasteiger partial charge in [0.05, 0.1) is 11.7 Å². The minimum Gasteiger partial charge on any atom is -0.398 e. The molecule has 0 saturated carbocycles. The highest BCUT2D eigenvalue weighted by atomic mass is 19.1. The normalized spacial score (nSPS) is 12.6. The molecule has 19 heavy (non-hydrogen) atoms. The topological polar surface area (TPSA) is 81.9 Å². The average molecular weight is 263 g/mol. The lowest BCUT2D eigenvalue weighted by Crippen LogP contribution is -2.31. The third-order valence-corrected chi connectivity index (χ3v) is 3.01. The van der Waals surface area contributed by atoms with Crippen molar-refractivity contribution in [2.45, 2.75) is 25.9 Å². The molecule has 0 radical (unpaired) electrons. The number of hydrogen-bond donors (Lipinski definition) is 3. The summed E-state index contributed by atoms with van der Waals surface area (Å²) in [6, 6.07) is 5.73. The summed E-state index contributed by atoms with van der Waals surface area (Å²) in [6.07, 6.45) is 2.65. The van der Waals surface area contributed by atoms with Crippen molar-refractivity contribution in [3.8, 4) is 0 Å². The highest BCUT2D eigenvalue weighted by molar-refractivity contribution is 5.50. The van der Waals surface area contributed by atoms with Crippen molar-refractivity contribution in [1.29, 1.82) is 0 Å². The maximum absolute atomic E-state index is 13.4. The zero-order valence-electron chi connectivity index (χ0n) is 10.8. The van der Waals surface area contributed by atoms with Crippen LogP contribution in [0.15, 0.2) is 30.5 Å². The molecule has 102 valence electrons. The number of anilines is 1. The molecule has 1 atom stereocenters. The number of nitrogen functional groups attached to an aromatic ring is 1. The molecule has 0 bridgehead atoms. The van der Waals surface area contributed by atoms with E-state index >= 15 is 0 Å². The van der Waals surface area contributed by atoms with Crippen molar-refractivity contribution in [2.75, 3.05) is 5.73 Å². The molecule has 6 heteroatoms. The molecule has 1 aromatic carbocycles. The Labute approximate surface area is 111 Å². The first kappa shape index (κ1) is 13.5. The second kappa shape index (κ2) is 5.81. The van der Waals surface area contributed by atoms with E-state index in [0.717, 1.165) is 18.7 Å². The SMILES string of the molecule is CCCn1nccc1C(NN)c1cc(F)ccc1N. The lowest BCUT2D eigenvalue weighted by atomic mass is 10.0. The van der Waals surface area contributed by atoms with Crippen LogP contribution in [0.25, 0.3) is 0 Å². The van der Waals surface area contributed by atoms with Crippen LogP contribution >= 0.6 is 0 Å². The smallest absolute Gasteiger partial charge is 0.123 e. The number of halogens is 1. The molecule has 1 heterocycles. The van der Waals surface area contributed by atoms with Crippen LogP contribution in [0, 0.1) is 5.82 Å². The number of aryl methyl sites for hydroxylation is 1. The lowest BCUT2D eigenvalue weighted by Gasteiger charge is -2.19. The van der Waals surface area contributed by atoms with Gasteiger partial charge < -0.3 is 5.73 Å². The van der Waals surface area contributed by atoms with Gasteiger partial charge in [-0.15, -0.1) is 0 Å². The Kier molecular flexibility index (Phi) is 4.13. The van der Waals surface area contributed by atoms with E-state index in [1.54, 1.807) is 6.20 Å². The highest BCUT2D eigenvalue weighted by Crippen LogP contribution is 2.26. The molecule has 0 fully saturated rings. The Balaban J connectivity index is 2.44. The minimum absolute atomic E-state index is 0.342. The van der Waals surface area contributed by atoms with Gasteiger partial charge in [-0.3, -0.25) is 10.5 Å². The average Bonchev–Trinajstić information content (AvgIpc) is 2.83. The third-order valence-electron chi connectivity index (χ3n) is 3.01. The Morgan fingerprint density at radius 1 is 1.42 bits per heavy atom. The summed E-state index contributed by atoms with van der Waals surface area (Å²) < 4.78 is 15.2. The largest absolute Gasteiger partial charge is 0.398 e. The standard InChI is InChI=1S/C13H18FN5/c1-2-7-19-12(5-6-17-19)13(18-16)10-8-9(14)3-4-11(10)15/h3-6,8,13,18H,2,7,15-16H2,1H3. The van der Waals surface area contributed by atoms with Crippen LogP contribution in [0.2, 0.25) is 0 Å². The van der Waals surface area contributed by atoms with Gasteiger partial charge in [0.2, 0.25) is 0 Å². The Morgan fingerprint density at radius 3 is 2.89 bits per heavy atom. The maximum atomic E-state index is 13.4. The monoisotopic (exact) mass is 263 g/mol. The van der Waals surface area contributed by atoms with Crippen LogP contribution < -0.4 is 17.0 Å². The van der Waals surface area contributed by atoms with E-state index in [-0.39, 0.29) is 11.9 Å². The number of benzene rings is 1. The number of hydrogen-bond acceptors (Lipinski definition) is 4. The fourth-order valence-electron chi connectivity index (χ4n) is 2.12. The quantitative estimate of drug-likeness (QED) is 0.434. The van der Waals surface area contributed by atoms with Crippen LogP contribution in [-0.2, 0) is 6.54 Å². The molecule has 1 unspecified atom stereocenters. The molecule has 5 N–H and O–H groups in total. The number of rotatable bonds is 5. The van der Waals surface area contributed by atoms with Crippen molar-refractivity contribution in [3.63, 3.8) is 0 Å². The summed E-state index contributed by atoms with van der Waals surface area (Å²) >= 11 is 0. The fraction of sp³-hybridized carbons (Fsp3) is 0.308. The molecule has 0 spiro atoms. The second-order valence-corrected chi connectivity index (χ2v) is 4.35. The maximum Gasteiger partial charge on any atom is 0.123 e. The Bertz CT molecular complexity index is 552. The van der Waals surface area contributed by atoms with Crippen LogP contribution in [0.5, 0.6) is 0 Å². The van der Waals surface area contributed by atoms with Gasteiger partial charge in [0.15, 0.2) is 0 Å². The fourth-order valence-corrected chi connectivity index (χ4v) is 2.12. The predicted octanol–water partition coefficient (Wildman–Crippen LogP) is 1.57. The van der Waals surface area contributed by atoms with Crippen molar-refractivity contribution >= 4 is 5.69 Å². The van der Waals surface area contributed by atoms with Crippen molar-refractivity contribution in [1.82, 2.24) is 15.2 Å². The summed E-state index contributed by atoms with van der Waals surface area (Å²) in [5, 5.41) is 4.24. The molecule has 1 aromatic heterocycles. The number of nitrogens with one attached hydrogen (secondary N) is 1. The molecule has 0 saturated heterocycles. The first-order chi connectivity index (χ1) is 9.17. The van der Waals surface area contributed by atoms with E-state index < -0.39 is 0 Å². The molecular formula is C13H18FN5. The number of hydrazine groups is 1. The van der Waals surface area contributed by atoms with Gasteiger partial charge in [-0.1, -0.05) is 6.92 Å². The number of nitrogens with zero attached hydrogens (tertiary/aromatic N) is 2. The van der Waals surface area contributed by atoms with Crippen LogP contribution in [0.4, 0.5) is 10.1 Å². The molecule has 2 aromatic rings. The van der Waals surface area contributed by atoms with Gasteiger partial charge in [0.25, 0.3) is 0 Å². The zero-order chi connectivity index (χ0) is 13.8. The van der Waals surface area contributed by atoms with E-state index in [1.165, 1.54) is 18.2 Å². The van der Waals surface area contributed by atoms with Crippen molar-refractivity contribution in [2.24, 2.45) is 5.84 Å². The van der Waals surface area contributed by atoms with Crippen LogP contribution in [0.3, 0.4) is 0 Å². The minimum atomic E-state index is -0.384. The lowest BCUT2D eigenvalue weighted by molar-refractivity contribution is 0.519. The summed E-state index contributed by atoms with van der Waals surface area (Å²) in [5.41, 5.74) is 10.6. The molecule has 0 aliphatic heterocycles. The van der Waals surface area contributed by atoms with Gasteiger partial charge in [0, 0.05) is 24.0 Å². The first-order valence-corrected chi connectivity index (χ1v) is 6.20.